The van der Waals surface area contributed by atoms with Crippen molar-refractivity contribution in [2.75, 3.05) is 39.4 Å². The van der Waals surface area contributed by atoms with Crippen LogP contribution < -0.4 is 0 Å². The zero-order valence-corrected chi connectivity index (χ0v) is 19.7. The lowest BCUT2D eigenvalue weighted by Gasteiger charge is -2.30. The highest BCUT2D eigenvalue weighted by Gasteiger charge is 2.33. The summed E-state index contributed by atoms with van der Waals surface area (Å²) in [6.07, 6.45) is -1.23. The van der Waals surface area contributed by atoms with E-state index in [2.05, 4.69) is 9.88 Å². The molecule has 2 heterocycles. The van der Waals surface area contributed by atoms with Gasteiger partial charge in [0.2, 0.25) is 0 Å². The molecule has 3 aromatic rings. The Morgan fingerprint density at radius 2 is 1.80 bits per heavy atom. The van der Waals surface area contributed by atoms with Crippen LogP contribution >= 0.6 is 0 Å². The number of carbonyl (C=O) groups is 1. The van der Waals surface area contributed by atoms with Gasteiger partial charge in [-0.25, -0.2) is 4.98 Å². The summed E-state index contributed by atoms with van der Waals surface area (Å²) in [5.41, 5.74) is 1.11. The van der Waals surface area contributed by atoms with Gasteiger partial charge in [0.05, 0.1) is 25.3 Å². The van der Waals surface area contributed by atoms with Gasteiger partial charge >= 0.3 is 6.18 Å². The number of rotatable bonds is 8. The molecular formula is C26H29F3N4O2. The molecule has 6 nitrogen and oxygen atoms in total. The number of benzene rings is 2. The monoisotopic (exact) mass is 486 g/mol. The largest absolute Gasteiger partial charge is 0.416 e. The van der Waals surface area contributed by atoms with Crippen LogP contribution in [0.3, 0.4) is 0 Å². The van der Waals surface area contributed by atoms with Gasteiger partial charge in [-0.2, -0.15) is 13.2 Å². The fourth-order valence-corrected chi connectivity index (χ4v) is 4.14. The molecule has 1 aliphatic heterocycles. The highest BCUT2D eigenvalue weighted by Crippen LogP contribution is 2.32. The molecule has 1 fully saturated rings. The molecular weight excluding hydrogens is 457 g/mol. The number of ether oxygens (including phenoxy) is 1. The predicted octanol–water partition coefficient (Wildman–Crippen LogP) is 4.23. The normalized spacial score (nSPS) is 14.7. The number of hydrogen-bond acceptors (Lipinski definition) is 4. The standard InChI is InChI=1S/C26H29F3N4O2/c1-20-6-8-21(9-7-20)25(34)33(13-12-31-14-16-35-17-15-31)19-24-30-10-11-32(24)18-22-4-2-3-5-23(22)26(27,28)29/h2-11H,12-19H2,1H3. The third-order valence-electron chi connectivity index (χ3n) is 6.17. The van der Waals surface area contributed by atoms with Crippen molar-refractivity contribution in [3.05, 3.63) is 89.0 Å². The molecule has 0 unspecified atom stereocenters. The van der Waals surface area contributed by atoms with Crippen molar-refractivity contribution >= 4 is 5.91 Å². The number of imidazole rings is 1. The SMILES string of the molecule is Cc1ccc(C(=O)N(CCN2CCOCC2)Cc2nccn2Cc2ccccc2C(F)(F)F)cc1. The molecule has 9 heteroatoms. The van der Waals surface area contributed by atoms with Crippen LogP contribution in [0.15, 0.2) is 60.9 Å². The topological polar surface area (TPSA) is 50.6 Å². The molecule has 0 atom stereocenters. The lowest BCUT2D eigenvalue weighted by atomic mass is 10.1. The second-order valence-corrected chi connectivity index (χ2v) is 8.67. The molecule has 0 radical (unpaired) electrons. The van der Waals surface area contributed by atoms with Crippen LogP contribution in [-0.2, 0) is 24.0 Å². The van der Waals surface area contributed by atoms with Crippen LogP contribution in [0.4, 0.5) is 13.2 Å². The Hall–Kier alpha value is -3.17. The van der Waals surface area contributed by atoms with Gasteiger partial charge in [0.15, 0.2) is 0 Å². The van der Waals surface area contributed by atoms with Gasteiger partial charge in [-0.1, -0.05) is 35.9 Å². The van der Waals surface area contributed by atoms with E-state index < -0.39 is 11.7 Å². The summed E-state index contributed by atoms with van der Waals surface area (Å²) in [6.45, 7) is 6.24. The summed E-state index contributed by atoms with van der Waals surface area (Å²) < 4.78 is 47.6. The summed E-state index contributed by atoms with van der Waals surface area (Å²) in [5, 5.41) is 0. The summed E-state index contributed by atoms with van der Waals surface area (Å²) in [4.78, 5) is 21.7. The Kier molecular flexibility index (Phi) is 7.87. The van der Waals surface area contributed by atoms with Crippen molar-refractivity contribution in [1.82, 2.24) is 19.4 Å². The van der Waals surface area contributed by atoms with Crippen molar-refractivity contribution < 1.29 is 22.7 Å². The molecule has 0 spiro atoms. The van der Waals surface area contributed by atoms with E-state index in [9.17, 15) is 18.0 Å². The van der Waals surface area contributed by atoms with Crippen LogP contribution in [0, 0.1) is 6.92 Å². The molecule has 1 aromatic heterocycles. The number of halogens is 3. The number of aromatic nitrogens is 2. The van der Waals surface area contributed by atoms with Crippen LogP contribution in [0.2, 0.25) is 0 Å². The highest BCUT2D eigenvalue weighted by molar-refractivity contribution is 5.94. The average Bonchev–Trinajstić information content (AvgIpc) is 3.28. The Bertz CT molecular complexity index is 1120. The van der Waals surface area contributed by atoms with E-state index in [0.717, 1.165) is 24.7 Å². The van der Waals surface area contributed by atoms with Crippen LogP contribution in [0.25, 0.3) is 0 Å². The third kappa shape index (κ3) is 6.49. The van der Waals surface area contributed by atoms with Gasteiger partial charge < -0.3 is 14.2 Å². The Labute approximate surface area is 202 Å². The van der Waals surface area contributed by atoms with Crippen molar-refractivity contribution in [3.8, 4) is 0 Å². The number of nitrogens with zero attached hydrogens (tertiary/aromatic N) is 4. The minimum Gasteiger partial charge on any atom is -0.379 e. The molecule has 4 rings (SSSR count). The lowest BCUT2D eigenvalue weighted by Crippen LogP contribution is -2.43. The van der Waals surface area contributed by atoms with E-state index in [1.807, 2.05) is 19.1 Å². The van der Waals surface area contributed by atoms with Crippen LogP contribution in [-0.4, -0.2) is 64.7 Å². The zero-order valence-electron chi connectivity index (χ0n) is 19.7. The maximum absolute atomic E-state index is 13.5. The average molecular weight is 487 g/mol. The maximum Gasteiger partial charge on any atom is 0.416 e. The first-order chi connectivity index (χ1) is 16.8. The summed E-state index contributed by atoms with van der Waals surface area (Å²) in [6, 6.07) is 12.9. The fourth-order valence-electron chi connectivity index (χ4n) is 4.14. The first kappa shape index (κ1) is 24.9. The molecule has 186 valence electrons. The van der Waals surface area contributed by atoms with Crippen molar-refractivity contribution in [2.45, 2.75) is 26.2 Å². The first-order valence-corrected chi connectivity index (χ1v) is 11.6. The molecule has 1 amide bonds. The maximum atomic E-state index is 13.5. The molecule has 1 aliphatic rings. The second-order valence-electron chi connectivity index (χ2n) is 8.67. The third-order valence-corrected chi connectivity index (χ3v) is 6.17. The number of amides is 1. The zero-order chi connectivity index (χ0) is 24.8. The van der Waals surface area contributed by atoms with E-state index in [1.165, 1.54) is 12.1 Å². The Morgan fingerprint density at radius 3 is 2.51 bits per heavy atom. The van der Waals surface area contributed by atoms with Crippen molar-refractivity contribution in [1.29, 1.82) is 0 Å². The van der Waals surface area contributed by atoms with Crippen LogP contribution in [0.5, 0.6) is 0 Å². The lowest BCUT2D eigenvalue weighted by molar-refractivity contribution is -0.138. The molecule has 2 aromatic carbocycles. The van der Waals surface area contributed by atoms with E-state index >= 15 is 0 Å². The first-order valence-electron chi connectivity index (χ1n) is 11.6. The Balaban J connectivity index is 1.55. The smallest absolute Gasteiger partial charge is 0.379 e. The van der Waals surface area contributed by atoms with Gasteiger partial charge in [-0.05, 0) is 30.7 Å². The quantitative estimate of drug-likeness (QED) is 0.478. The molecule has 35 heavy (non-hydrogen) atoms. The van der Waals surface area contributed by atoms with E-state index in [4.69, 9.17) is 4.74 Å². The van der Waals surface area contributed by atoms with Crippen LogP contribution in [0.1, 0.15) is 32.9 Å². The summed E-state index contributed by atoms with van der Waals surface area (Å²) >= 11 is 0. The molecule has 1 saturated heterocycles. The fraction of sp³-hybridized carbons (Fsp3) is 0.385. The number of aryl methyl sites for hydroxylation is 1. The number of alkyl halides is 3. The van der Waals surface area contributed by atoms with E-state index in [0.29, 0.717) is 37.7 Å². The summed E-state index contributed by atoms with van der Waals surface area (Å²) in [5.74, 6) is 0.396. The molecule has 0 N–H and O–H groups in total. The minimum absolute atomic E-state index is 0.0149. The molecule has 0 aliphatic carbocycles. The minimum atomic E-state index is -4.44. The predicted molar refractivity (Wildman–Crippen MR) is 126 cm³/mol. The Morgan fingerprint density at radius 1 is 1.09 bits per heavy atom. The molecule has 0 bridgehead atoms. The van der Waals surface area contributed by atoms with Crippen molar-refractivity contribution in [3.63, 3.8) is 0 Å². The van der Waals surface area contributed by atoms with Gasteiger partial charge in [-0.15, -0.1) is 0 Å². The van der Waals surface area contributed by atoms with E-state index in [-0.39, 0.29) is 24.6 Å². The van der Waals surface area contributed by atoms with Gasteiger partial charge in [-0.3, -0.25) is 9.69 Å². The van der Waals surface area contributed by atoms with Crippen molar-refractivity contribution in [2.24, 2.45) is 0 Å². The highest BCUT2D eigenvalue weighted by atomic mass is 19.4. The number of carbonyl (C=O) groups excluding carboxylic acids is 1. The second kappa shape index (κ2) is 11.0. The molecule has 0 saturated carbocycles. The van der Waals surface area contributed by atoms with Gasteiger partial charge in [0.25, 0.3) is 5.91 Å². The summed E-state index contributed by atoms with van der Waals surface area (Å²) in [7, 11) is 0. The van der Waals surface area contributed by atoms with Gasteiger partial charge in [0.1, 0.15) is 5.82 Å². The number of hydrogen-bond donors (Lipinski definition) is 0. The van der Waals surface area contributed by atoms with Gasteiger partial charge in [0, 0.05) is 50.7 Å². The number of morpholine rings is 1. The van der Waals surface area contributed by atoms with E-state index in [1.54, 1.807) is 40.1 Å².